The fourth-order valence-corrected chi connectivity index (χ4v) is 4.77. The number of nitrogens with one attached hydrogen (secondary N) is 1. The molecule has 3 rings (SSSR count). The second kappa shape index (κ2) is 10.7. The average Bonchev–Trinajstić information content (AvgIpc) is 3.34. The first-order valence-corrected chi connectivity index (χ1v) is 12.2. The Morgan fingerprint density at radius 2 is 1.97 bits per heavy atom. The van der Waals surface area contributed by atoms with Crippen molar-refractivity contribution in [1.82, 2.24) is 10.3 Å². The minimum absolute atomic E-state index is 0.0519. The van der Waals surface area contributed by atoms with E-state index in [4.69, 9.17) is 4.74 Å². The zero-order chi connectivity index (χ0) is 24.2. The number of aromatic nitrogens is 1. The number of anilines is 1. The Hall–Kier alpha value is -2.43. The number of aliphatic carboxylic acids is 1. The molecular weight excluding hydrogens is 462 g/mol. The van der Waals surface area contributed by atoms with Gasteiger partial charge in [0.15, 0.2) is 0 Å². The third-order valence-electron chi connectivity index (χ3n) is 5.71. The molecule has 0 spiro atoms. The highest BCUT2D eigenvalue weighted by molar-refractivity contribution is 7.81. The largest absolute Gasteiger partial charge is 0.480 e. The van der Waals surface area contributed by atoms with Crippen molar-refractivity contribution in [1.29, 1.82) is 0 Å². The quantitative estimate of drug-likeness (QED) is 0.489. The summed E-state index contributed by atoms with van der Waals surface area (Å²) >= 11 is 6.02. The number of hydrogen-bond donors (Lipinski definition) is 3. The van der Waals surface area contributed by atoms with E-state index in [2.05, 4.69) is 22.9 Å². The third-order valence-corrected chi connectivity index (χ3v) is 7.26. The van der Waals surface area contributed by atoms with Gasteiger partial charge in [-0.05, 0) is 63.1 Å². The van der Waals surface area contributed by atoms with Crippen LogP contribution in [0.5, 0.6) is 0 Å². The maximum absolute atomic E-state index is 13.5. The van der Waals surface area contributed by atoms with Gasteiger partial charge in [-0.1, -0.05) is 6.07 Å². The summed E-state index contributed by atoms with van der Waals surface area (Å²) in [4.78, 5) is 44.8. The maximum Gasteiger partial charge on any atom is 0.326 e. The summed E-state index contributed by atoms with van der Waals surface area (Å²) in [5, 5.41) is 13.8. The van der Waals surface area contributed by atoms with Crippen LogP contribution in [0.2, 0.25) is 0 Å². The maximum atomic E-state index is 13.5. The van der Waals surface area contributed by atoms with Gasteiger partial charge in [0, 0.05) is 13.2 Å². The van der Waals surface area contributed by atoms with Crippen LogP contribution in [0.25, 0.3) is 10.6 Å². The van der Waals surface area contributed by atoms with Gasteiger partial charge < -0.3 is 15.2 Å². The highest BCUT2D eigenvalue weighted by Gasteiger charge is 2.40. The molecule has 1 fully saturated rings. The van der Waals surface area contributed by atoms with Gasteiger partial charge in [0.1, 0.15) is 11.6 Å². The summed E-state index contributed by atoms with van der Waals surface area (Å²) in [5.41, 5.74) is -0.297. The standard InChI is InChI=1S/C23H29N3O5S2/c1-14(21(28)29)26(16-6-7-17(24-13-16)18-5-4-12-33-18)22(30)23(2,3)25-20(27)19(32)15-8-10-31-11-9-15/h4-7,12-15,19,32H,8-11H2,1-3H3,(H,25,27)(H,28,29)/t14-,19-/m0/s1. The number of carbonyl (C=O) groups is 3. The molecule has 1 aliphatic heterocycles. The lowest BCUT2D eigenvalue weighted by atomic mass is 9.94. The van der Waals surface area contributed by atoms with Crippen LogP contribution in [0.1, 0.15) is 33.6 Å². The molecule has 1 saturated heterocycles. The molecule has 8 nitrogen and oxygen atoms in total. The second-order valence-corrected chi connectivity index (χ2v) is 10.1. The lowest BCUT2D eigenvalue weighted by Gasteiger charge is -2.36. The van der Waals surface area contributed by atoms with E-state index in [1.54, 1.807) is 26.0 Å². The lowest BCUT2D eigenvalue weighted by Crippen LogP contribution is -2.60. The van der Waals surface area contributed by atoms with Crippen molar-refractivity contribution in [3.8, 4) is 10.6 Å². The summed E-state index contributed by atoms with van der Waals surface area (Å²) in [6, 6.07) is 6.10. The molecule has 2 N–H and O–H groups in total. The zero-order valence-corrected chi connectivity index (χ0v) is 20.6. The highest BCUT2D eigenvalue weighted by atomic mass is 32.1. The van der Waals surface area contributed by atoms with Gasteiger partial charge in [-0.3, -0.25) is 19.5 Å². The number of pyridine rings is 1. The Bertz CT molecular complexity index is 972. The number of thiophene rings is 1. The second-order valence-electron chi connectivity index (χ2n) is 8.58. The van der Waals surface area contributed by atoms with Crippen LogP contribution < -0.4 is 10.2 Å². The van der Waals surface area contributed by atoms with Crippen LogP contribution in [-0.4, -0.2) is 57.9 Å². The van der Waals surface area contributed by atoms with Gasteiger partial charge >= 0.3 is 5.97 Å². The number of hydrogen-bond acceptors (Lipinski definition) is 7. The normalized spacial score (nSPS) is 16.6. The fourth-order valence-electron chi connectivity index (χ4n) is 3.71. The number of carboxylic acids is 1. The zero-order valence-electron chi connectivity index (χ0n) is 18.9. The fraction of sp³-hybridized carbons (Fsp3) is 0.478. The van der Waals surface area contributed by atoms with Crippen molar-refractivity contribution in [3.63, 3.8) is 0 Å². The smallest absolute Gasteiger partial charge is 0.326 e. The summed E-state index contributed by atoms with van der Waals surface area (Å²) in [5.74, 6) is -2.03. The van der Waals surface area contributed by atoms with E-state index < -0.39 is 28.7 Å². The highest BCUT2D eigenvalue weighted by Crippen LogP contribution is 2.28. The van der Waals surface area contributed by atoms with E-state index in [9.17, 15) is 19.5 Å². The van der Waals surface area contributed by atoms with Gasteiger partial charge in [0.25, 0.3) is 5.91 Å². The lowest BCUT2D eigenvalue weighted by molar-refractivity contribution is -0.140. The topological polar surface area (TPSA) is 109 Å². The van der Waals surface area contributed by atoms with E-state index in [1.165, 1.54) is 24.5 Å². The third kappa shape index (κ3) is 5.93. The molecule has 10 heteroatoms. The van der Waals surface area contributed by atoms with Gasteiger partial charge in [-0.2, -0.15) is 12.6 Å². The van der Waals surface area contributed by atoms with Crippen LogP contribution in [0.4, 0.5) is 5.69 Å². The summed E-state index contributed by atoms with van der Waals surface area (Å²) in [6.07, 6.45) is 2.93. The van der Waals surface area contributed by atoms with E-state index in [-0.39, 0.29) is 11.8 Å². The van der Waals surface area contributed by atoms with Crippen molar-refractivity contribution >= 4 is 47.4 Å². The van der Waals surface area contributed by atoms with Crippen molar-refractivity contribution in [2.75, 3.05) is 18.1 Å². The van der Waals surface area contributed by atoms with E-state index in [0.29, 0.717) is 18.9 Å². The van der Waals surface area contributed by atoms with Gasteiger partial charge in [0.05, 0.1) is 27.7 Å². The summed E-state index contributed by atoms with van der Waals surface area (Å²) in [7, 11) is 0. The predicted molar refractivity (Wildman–Crippen MR) is 131 cm³/mol. The monoisotopic (exact) mass is 491 g/mol. The number of rotatable bonds is 8. The molecule has 33 heavy (non-hydrogen) atoms. The average molecular weight is 492 g/mol. The predicted octanol–water partition coefficient (Wildman–Crippen LogP) is 3.24. The Morgan fingerprint density at radius 3 is 2.52 bits per heavy atom. The Morgan fingerprint density at radius 1 is 1.27 bits per heavy atom. The molecule has 2 aromatic rings. The van der Waals surface area contributed by atoms with Gasteiger partial charge in [0.2, 0.25) is 5.91 Å². The van der Waals surface area contributed by atoms with Crippen LogP contribution >= 0.6 is 24.0 Å². The number of amides is 2. The molecule has 3 heterocycles. The van der Waals surface area contributed by atoms with Crippen LogP contribution in [0.15, 0.2) is 35.8 Å². The molecule has 178 valence electrons. The van der Waals surface area contributed by atoms with E-state index in [0.717, 1.165) is 28.3 Å². The van der Waals surface area contributed by atoms with Crippen LogP contribution in [0, 0.1) is 5.92 Å². The van der Waals surface area contributed by atoms with Crippen molar-refractivity contribution in [3.05, 3.63) is 35.8 Å². The number of carboxylic acid groups (broad SMARTS) is 1. The minimum Gasteiger partial charge on any atom is -0.480 e. The molecule has 0 radical (unpaired) electrons. The Labute approximate surface area is 202 Å². The summed E-state index contributed by atoms with van der Waals surface area (Å²) < 4.78 is 5.34. The molecule has 1 aliphatic rings. The molecule has 0 saturated carbocycles. The van der Waals surface area contributed by atoms with Crippen molar-refractivity contribution in [2.45, 2.75) is 50.4 Å². The van der Waals surface area contributed by atoms with Crippen molar-refractivity contribution < 1.29 is 24.2 Å². The molecule has 0 unspecified atom stereocenters. The molecular formula is C23H29N3O5S2. The molecule has 2 aromatic heterocycles. The van der Waals surface area contributed by atoms with Gasteiger partial charge in [-0.15, -0.1) is 11.3 Å². The molecule has 2 amide bonds. The van der Waals surface area contributed by atoms with Crippen molar-refractivity contribution in [2.24, 2.45) is 5.92 Å². The first kappa shape index (κ1) is 25.2. The molecule has 2 atom stereocenters. The van der Waals surface area contributed by atoms with Crippen LogP contribution in [-0.2, 0) is 19.1 Å². The summed E-state index contributed by atoms with van der Waals surface area (Å²) in [6.45, 7) is 5.71. The van der Waals surface area contributed by atoms with E-state index in [1.807, 2.05) is 17.5 Å². The first-order valence-electron chi connectivity index (χ1n) is 10.8. The minimum atomic E-state index is -1.36. The first-order chi connectivity index (χ1) is 15.6. The number of ether oxygens (including phenoxy) is 1. The molecule has 0 aliphatic carbocycles. The molecule has 0 bridgehead atoms. The van der Waals surface area contributed by atoms with Crippen LogP contribution in [0.3, 0.4) is 0 Å². The SMILES string of the molecule is C[C@@H](C(=O)O)N(C(=O)C(C)(C)NC(=O)[C@@H](S)C1CCOCC1)c1ccc(-c2cccs2)nc1. The van der Waals surface area contributed by atoms with Gasteiger partial charge in [-0.25, -0.2) is 4.79 Å². The number of nitrogens with zero attached hydrogens (tertiary/aromatic N) is 2. The molecule has 0 aromatic carbocycles. The Balaban J connectivity index is 1.81. The number of carbonyl (C=O) groups excluding carboxylic acids is 2. The number of thiol groups is 1. The Kier molecular flexibility index (Phi) is 8.14. The van der Waals surface area contributed by atoms with E-state index >= 15 is 0 Å².